The highest BCUT2D eigenvalue weighted by molar-refractivity contribution is 5.96. The van der Waals surface area contributed by atoms with Crippen molar-refractivity contribution in [3.05, 3.63) is 65.4 Å². The molecule has 0 aliphatic heterocycles. The fourth-order valence-corrected chi connectivity index (χ4v) is 3.25. The Morgan fingerprint density at radius 2 is 2.10 bits per heavy atom. The molecule has 4 aromatic rings. The van der Waals surface area contributed by atoms with E-state index in [1.807, 2.05) is 25.1 Å². The number of nitrogens with zero attached hydrogens (tertiary/aromatic N) is 2. The Morgan fingerprint density at radius 1 is 1.29 bits per heavy atom. The van der Waals surface area contributed by atoms with Crippen molar-refractivity contribution in [3.8, 4) is 11.8 Å². The van der Waals surface area contributed by atoms with Crippen LogP contribution in [0.2, 0.25) is 0 Å². The predicted molar refractivity (Wildman–Crippen MR) is 114 cm³/mol. The summed E-state index contributed by atoms with van der Waals surface area (Å²) >= 11 is 0. The number of aryl methyl sites for hydroxylation is 1. The first-order valence-corrected chi connectivity index (χ1v) is 9.62. The molecule has 156 valence electrons. The van der Waals surface area contributed by atoms with E-state index in [1.165, 1.54) is 0 Å². The lowest BCUT2D eigenvalue weighted by Gasteiger charge is -2.04. The lowest BCUT2D eigenvalue weighted by Crippen LogP contribution is -2.09. The maximum atomic E-state index is 12.6. The summed E-state index contributed by atoms with van der Waals surface area (Å²) in [5.41, 5.74) is 2.39. The summed E-state index contributed by atoms with van der Waals surface area (Å²) in [6.45, 7) is 3.65. The number of carbonyl (C=O) groups excluding carboxylic acids is 1. The number of furan rings is 1. The molecule has 2 aromatic carbocycles. The maximum absolute atomic E-state index is 12.6. The highest BCUT2D eigenvalue weighted by Crippen LogP contribution is 2.29. The number of aliphatic hydroxyl groups is 1. The molecule has 0 spiro atoms. The zero-order valence-corrected chi connectivity index (χ0v) is 16.9. The Bertz CT molecular complexity index is 1320. The molecule has 0 bridgehead atoms. The van der Waals surface area contributed by atoms with E-state index in [0.29, 0.717) is 29.0 Å². The van der Waals surface area contributed by atoms with E-state index < -0.39 is 18.3 Å². The van der Waals surface area contributed by atoms with Crippen LogP contribution in [0.15, 0.2) is 52.6 Å². The molecule has 2 heterocycles. The molecule has 0 saturated carbocycles. The summed E-state index contributed by atoms with van der Waals surface area (Å²) in [6.07, 6.45) is 0. The molecule has 0 amide bonds. The average Bonchev–Trinajstić information content (AvgIpc) is 3.34. The van der Waals surface area contributed by atoms with Gasteiger partial charge in [-0.25, -0.2) is 9.78 Å². The number of rotatable bonds is 6. The number of nitrogens with one attached hydrogen (secondary N) is 1. The minimum atomic E-state index is -0.750. The molecule has 4 rings (SSSR count). The van der Waals surface area contributed by atoms with Crippen LogP contribution in [-0.4, -0.2) is 34.3 Å². The van der Waals surface area contributed by atoms with Gasteiger partial charge in [0, 0.05) is 10.9 Å². The number of ether oxygens (including phenoxy) is 2. The van der Waals surface area contributed by atoms with Gasteiger partial charge in [0.25, 0.3) is 0 Å². The first-order valence-electron chi connectivity index (χ1n) is 9.62. The van der Waals surface area contributed by atoms with Gasteiger partial charge in [-0.1, -0.05) is 12.1 Å². The molecule has 8 heteroatoms. The van der Waals surface area contributed by atoms with E-state index >= 15 is 0 Å². The van der Waals surface area contributed by atoms with Crippen molar-refractivity contribution in [2.45, 2.75) is 13.8 Å². The fourth-order valence-electron chi connectivity index (χ4n) is 3.25. The second kappa shape index (κ2) is 8.24. The topological polar surface area (TPSA) is 121 Å². The van der Waals surface area contributed by atoms with Gasteiger partial charge in [0.05, 0.1) is 17.6 Å². The van der Waals surface area contributed by atoms with Crippen LogP contribution in [0.3, 0.4) is 0 Å². The molecule has 0 fully saturated rings. The van der Waals surface area contributed by atoms with E-state index in [4.69, 9.17) is 13.9 Å². The second-order valence-corrected chi connectivity index (χ2v) is 6.76. The number of carbonyl (C=O) groups is 1. The van der Waals surface area contributed by atoms with Gasteiger partial charge in [0.15, 0.2) is 18.2 Å². The zero-order valence-electron chi connectivity index (χ0n) is 16.9. The Labute approximate surface area is 177 Å². The molecular weight excluding hydrogens is 398 g/mol. The van der Waals surface area contributed by atoms with Gasteiger partial charge in [0.1, 0.15) is 23.0 Å². The molecule has 2 N–H and O–H groups in total. The van der Waals surface area contributed by atoms with Gasteiger partial charge in [-0.2, -0.15) is 5.26 Å². The monoisotopic (exact) mass is 417 g/mol. The van der Waals surface area contributed by atoms with E-state index in [1.54, 1.807) is 37.3 Å². The zero-order chi connectivity index (χ0) is 22.0. The molecular formula is C23H19N3O5. The van der Waals surface area contributed by atoms with Gasteiger partial charge in [0.2, 0.25) is 5.76 Å². The Morgan fingerprint density at radius 3 is 2.84 bits per heavy atom. The van der Waals surface area contributed by atoms with Gasteiger partial charge >= 0.3 is 5.97 Å². The van der Waals surface area contributed by atoms with Crippen LogP contribution < -0.4 is 4.74 Å². The standard InChI is InChI=1S/C23H19N3O5/c1-3-29-14-8-9-20-15(10-14)13(2)21(31-20)23(28)30-12-19(27)16(11-24)22-25-17-6-4-5-7-18(17)26-22/h4-10,27H,3,12H2,1-2H3,(H,25,26). The van der Waals surface area contributed by atoms with E-state index in [2.05, 4.69) is 9.97 Å². The molecule has 8 nitrogen and oxygen atoms in total. The van der Waals surface area contributed by atoms with Crippen molar-refractivity contribution < 1.29 is 23.8 Å². The molecule has 31 heavy (non-hydrogen) atoms. The summed E-state index contributed by atoms with van der Waals surface area (Å²) in [6, 6.07) is 14.4. The Balaban J connectivity index is 1.55. The van der Waals surface area contributed by atoms with E-state index in [9.17, 15) is 15.2 Å². The number of fused-ring (bicyclic) bond motifs is 2. The van der Waals surface area contributed by atoms with Crippen molar-refractivity contribution in [1.29, 1.82) is 5.26 Å². The lowest BCUT2D eigenvalue weighted by atomic mass is 10.1. The van der Waals surface area contributed by atoms with Crippen LogP contribution in [0.1, 0.15) is 28.9 Å². The van der Waals surface area contributed by atoms with Gasteiger partial charge in [-0.15, -0.1) is 0 Å². The highest BCUT2D eigenvalue weighted by Gasteiger charge is 2.21. The van der Waals surface area contributed by atoms with Crippen LogP contribution >= 0.6 is 0 Å². The van der Waals surface area contributed by atoms with Gasteiger partial charge < -0.3 is 24.0 Å². The number of hydrogen-bond donors (Lipinski definition) is 2. The number of allylic oxidation sites excluding steroid dienone is 1. The average molecular weight is 417 g/mol. The molecule has 0 radical (unpaired) electrons. The van der Waals surface area contributed by atoms with Gasteiger partial charge in [-0.3, -0.25) is 0 Å². The molecule has 2 aromatic heterocycles. The molecule has 0 aliphatic rings. The van der Waals surface area contributed by atoms with Crippen molar-refractivity contribution in [1.82, 2.24) is 9.97 Å². The number of aromatic nitrogens is 2. The minimum absolute atomic E-state index is 0.0266. The van der Waals surface area contributed by atoms with Crippen molar-refractivity contribution in [3.63, 3.8) is 0 Å². The summed E-state index contributed by atoms with van der Waals surface area (Å²) in [5, 5.41) is 20.6. The van der Waals surface area contributed by atoms with E-state index in [0.717, 1.165) is 10.9 Å². The number of aliphatic hydroxyl groups excluding tert-OH is 1. The second-order valence-electron chi connectivity index (χ2n) is 6.76. The van der Waals surface area contributed by atoms with Crippen molar-refractivity contribution >= 4 is 33.5 Å². The van der Waals surface area contributed by atoms with Crippen LogP contribution in [0.4, 0.5) is 0 Å². The largest absolute Gasteiger partial charge is 0.507 e. The third kappa shape index (κ3) is 3.81. The van der Waals surface area contributed by atoms with Crippen LogP contribution in [0.5, 0.6) is 5.75 Å². The van der Waals surface area contributed by atoms with Crippen LogP contribution in [0.25, 0.3) is 27.6 Å². The third-order valence-electron chi connectivity index (χ3n) is 4.77. The number of H-pyrrole nitrogens is 1. The first kappa shape index (κ1) is 20.0. The summed E-state index contributed by atoms with van der Waals surface area (Å²) in [4.78, 5) is 19.8. The quantitative estimate of drug-likeness (QED) is 0.266. The number of aromatic amines is 1. The number of para-hydroxylation sites is 2. The van der Waals surface area contributed by atoms with Crippen molar-refractivity contribution in [2.75, 3.05) is 13.2 Å². The van der Waals surface area contributed by atoms with Gasteiger partial charge in [-0.05, 0) is 44.2 Å². The number of imidazole rings is 1. The Hall–Kier alpha value is -4.25. The van der Waals surface area contributed by atoms with Crippen molar-refractivity contribution in [2.24, 2.45) is 0 Å². The third-order valence-corrected chi connectivity index (χ3v) is 4.77. The molecule has 0 saturated heterocycles. The SMILES string of the molecule is CCOc1ccc2oc(C(=O)OCC(O)=C(C#N)c3nc4ccccc4[nH]3)c(C)c2c1. The highest BCUT2D eigenvalue weighted by atomic mass is 16.6. The van der Waals surface area contributed by atoms with Crippen LogP contribution in [-0.2, 0) is 4.74 Å². The molecule has 0 atom stereocenters. The number of esters is 1. The maximum Gasteiger partial charge on any atom is 0.375 e. The summed E-state index contributed by atoms with van der Waals surface area (Å²) in [5.74, 6) is -0.273. The summed E-state index contributed by atoms with van der Waals surface area (Å²) in [7, 11) is 0. The smallest absolute Gasteiger partial charge is 0.375 e. The fraction of sp³-hybridized carbons (Fsp3) is 0.174. The van der Waals surface area contributed by atoms with E-state index in [-0.39, 0.29) is 17.2 Å². The molecule has 0 unspecified atom stereocenters. The Kier molecular flexibility index (Phi) is 5.33. The van der Waals surface area contributed by atoms with Crippen LogP contribution in [0, 0.1) is 18.3 Å². The summed E-state index contributed by atoms with van der Waals surface area (Å²) < 4.78 is 16.3. The number of hydrogen-bond acceptors (Lipinski definition) is 7. The lowest BCUT2D eigenvalue weighted by molar-refractivity contribution is 0.0468. The molecule has 0 aliphatic carbocycles. The normalized spacial score (nSPS) is 11.9. The first-order chi connectivity index (χ1) is 15.0. The number of benzene rings is 2. The number of nitriles is 1. The predicted octanol–water partition coefficient (Wildman–Crippen LogP) is 4.67. The minimum Gasteiger partial charge on any atom is -0.507 e.